The average molecular weight is 393 g/mol. The van der Waals surface area contributed by atoms with Crippen LogP contribution in [0.4, 0.5) is 0 Å². The summed E-state index contributed by atoms with van der Waals surface area (Å²) in [7, 11) is 1.93. The smallest absolute Gasteiger partial charge is 0.191 e. The van der Waals surface area contributed by atoms with E-state index in [1.54, 1.807) is 0 Å². The predicted molar refractivity (Wildman–Crippen MR) is 90.3 cm³/mol. The van der Waals surface area contributed by atoms with Crippen LogP contribution in [0.3, 0.4) is 0 Å². The molecule has 1 atom stereocenters. The highest BCUT2D eigenvalue weighted by Crippen LogP contribution is 2.09. The van der Waals surface area contributed by atoms with Crippen molar-refractivity contribution in [2.45, 2.75) is 32.9 Å². The first-order valence-corrected chi connectivity index (χ1v) is 6.78. The fourth-order valence-electron chi connectivity index (χ4n) is 2.31. The van der Waals surface area contributed by atoms with E-state index in [4.69, 9.17) is 10.5 Å². The quantitative estimate of drug-likeness (QED) is 0.475. The third kappa shape index (κ3) is 4.34. The molecule has 1 aromatic heterocycles. The molecule has 6 nitrogen and oxygen atoms in total. The van der Waals surface area contributed by atoms with Crippen LogP contribution in [0.1, 0.15) is 25.1 Å². The summed E-state index contributed by atoms with van der Waals surface area (Å²) >= 11 is 0. The number of aliphatic imine (C=N–C) groups is 1. The van der Waals surface area contributed by atoms with Crippen molar-refractivity contribution in [1.29, 1.82) is 0 Å². The second-order valence-electron chi connectivity index (χ2n) is 4.93. The van der Waals surface area contributed by atoms with Gasteiger partial charge in [0.2, 0.25) is 0 Å². The molecule has 0 aromatic carbocycles. The Morgan fingerprint density at radius 2 is 2.35 bits per heavy atom. The molecule has 1 saturated heterocycles. The molecule has 0 saturated carbocycles. The van der Waals surface area contributed by atoms with Gasteiger partial charge in [-0.1, -0.05) is 6.92 Å². The molecule has 0 spiro atoms. The van der Waals surface area contributed by atoms with Gasteiger partial charge in [0.05, 0.1) is 24.9 Å². The van der Waals surface area contributed by atoms with Gasteiger partial charge in [0.1, 0.15) is 0 Å². The largest absolute Gasteiger partial charge is 0.375 e. The monoisotopic (exact) mass is 393 g/mol. The molecular weight excluding hydrogens is 369 g/mol. The highest BCUT2D eigenvalue weighted by atomic mass is 127. The molecule has 1 unspecified atom stereocenters. The standard InChI is InChI=1S/C13H23N5O.HI/c1-4-12-11(9-17(3)16-12)7-15-13(14)18-5-6-19-10(2)8-18;/h9-10H,4-8H2,1-3H3,(H2,14,15);1H. The van der Waals surface area contributed by atoms with Crippen molar-refractivity contribution >= 4 is 29.9 Å². The normalized spacial score (nSPS) is 19.9. The lowest BCUT2D eigenvalue weighted by atomic mass is 10.2. The number of nitrogens with zero attached hydrogens (tertiary/aromatic N) is 4. The Labute approximate surface area is 137 Å². The first-order valence-electron chi connectivity index (χ1n) is 6.78. The van der Waals surface area contributed by atoms with Crippen molar-refractivity contribution in [3.8, 4) is 0 Å². The van der Waals surface area contributed by atoms with Crippen LogP contribution in [0.25, 0.3) is 0 Å². The van der Waals surface area contributed by atoms with Gasteiger partial charge in [0.25, 0.3) is 0 Å². The minimum atomic E-state index is 0. The van der Waals surface area contributed by atoms with E-state index in [1.165, 1.54) is 0 Å². The Kier molecular flexibility index (Phi) is 6.74. The zero-order valence-electron chi connectivity index (χ0n) is 12.4. The van der Waals surface area contributed by atoms with Gasteiger partial charge in [-0.05, 0) is 13.3 Å². The number of morpholine rings is 1. The van der Waals surface area contributed by atoms with Crippen LogP contribution in [-0.4, -0.2) is 46.4 Å². The highest BCUT2D eigenvalue weighted by Gasteiger charge is 2.18. The molecule has 7 heteroatoms. The maximum Gasteiger partial charge on any atom is 0.191 e. The van der Waals surface area contributed by atoms with Gasteiger partial charge in [0.15, 0.2) is 5.96 Å². The average Bonchev–Trinajstić information content (AvgIpc) is 2.76. The first-order chi connectivity index (χ1) is 9.10. The first kappa shape index (κ1) is 17.2. The Morgan fingerprint density at radius 3 is 3.00 bits per heavy atom. The maximum absolute atomic E-state index is 6.05. The van der Waals surface area contributed by atoms with Crippen molar-refractivity contribution in [3.05, 3.63) is 17.5 Å². The van der Waals surface area contributed by atoms with Gasteiger partial charge in [-0.25, -0.2) is 4.99 Å². The molecule has 0 amide bonds. The van der Waals surface area contributed by atoms with E-state index in [0.29, 0.717) is 19.1 Å². The van der Waals surface area contributed by atoms with E-state index in [2.05, 4.69) is 28.8 Å². The summed E-state index contributed by atoms with van der Waals surface area (Å²) in [6, 6.07) is 0. The Morgan fingerprint density at radius 1 is 1.60 bits per heavy atom. The number of aromatic nitrogens is 2. The van der Waals surface area contributed by atoms with Crippen LogP contribution in [0.2, 0.25) is 0 Å². The lowest BCUT2D eigenvalue weighted by Gasteiger charge is -2.31. The second kappa shape index (κ2) is 7.82. The Balaban J connectivity index is 0.00000200. The summed E-state index contributed by atoms with van der Waals surface area (Å²) in [6.45, 7) is 7.08. The molecule has 0 aliphatic carbocycles. The molecule has 2 N–H and O–H groups in total. The van der Waals surface area contributed by atoms with Crippen molar-refractivity contribution < 1.29 is 4.74 Å². The molecule has 1 aliphatic rings. The predicted octanol–water partition coefficient (Wildman–Crippen LogP) is 1.14. The molecule has 0 bridgehead atoms. The fourth-order valence-corrected chi connectivity index (χ4v) is 2.31. The number of rotatable bonds is 3. The van der Waals surface area contributed by atoms with E-state index in [9.17, 15) is 0 Å². The third-order valence-corrected chi connectivity index (χ3v) is 3.30. The Bertz CT molecular complexity index is 460. The lowest BCUT2D eigenvalue weighted by Crippen LogP contribution is -2.47. The topological polar surface area (TPSA) is 68.7 Å². The highest BCUT2D eigenvalue weighted by molar-refractivity contribution is 14.0. The number of ether oxygens (including phenoxy) is 1. The number of hydrogen-bond donors (Lipinski definition) is 1. The lowest BCUT2D eigenvalue weighted by molar-refractivity contribution is 0.00528. The van der Waals surface area contributed by atoms with Crippen LogP contribution in [0.5, 0.6) is 0 Å². The van der Waals surface area contributed by atoms with Crippen LogP contribution in [0.15, 0.2) is 11.2 Å². The number of nitrogens with two attached hydrogens (primary N) is 1. The number of aryl methyl sites for hydroxylation is 2. The third-order valence-electron chi connectivity index (χ3n) is 3.30. The van der Waals surface area contributed by atoms with E-state index < -0.39 is 0 Å². The molecule has 1 aromatic rings. The van der Waals surface area contributed by atoms with Crippen molar-refractivity contribution in [1.82, 2.24) is 14.7 Å². The molecule has 0 radical (unpaired) electrons. The summed E-state index contributed by atoms with van der Waals surface area (Å²) < 4.78 is 7.33. The molecule has 20 heavy (non-hydrogen) atoms. The fraction of sp³-hybridized carbons (Fsp3) is 0.692. The minimum Gasteiger partial charge on any atom is -0.375 e. The summed E-state index contributed by atoms with van der Waals surface area (Å²) in [4.78, 5) is 6.57. The van der Waals surface area contributed by atoms with E-state index in [1.807, 2.05) is 17.9 Å². The van der Waals surface area contributed by atoms with Gasteiger partial charge < -0.3 is 15.4 Å². The van der Waals surface area contributed by atoms with Crippen molar-refractivity contribution in [2.24, 2.45) is 17.8 Å². The second-order valence-corrected chi connectivity index (χ2v) is 4.93. The SMILES string of the molecule is CCc1nn(C)cc1CN=C(N)N1CCOC(C)C1.I. The number of guanidine groups is 1. The van der Waals surface area contributed by atoms with E-state index in [-0.39, 0.29) is 30.1 Å². The summed E-state index contributed by atoms with van der Waals surface area (Å²) in [5, 5.41) is 4.40. The molecule has 114 valence electrons. The van der Waals surface area contributed by atoms with E-state index in [0.717, 1.165) is 30.8 Å². The van der Waals surface area contributed by atoms with Gasteiger partial charge >= 0.3 is 0 Å². The molecule has 1 aliphatic heterocycles. The zero-order chi connectivity index (χ0) is 13.8. The zero-order valence-corrected chi connectivity index (χ0v) is 14.7. The summed E-state index contributed by atoms with van der Waals surface area (Å²) in [5.74, 6) is 0.598. The van der Waals surface area contributed by atoms with Crippen LogP contribution < -0.4 is 5.73 Å². The number of halogens is 1. The van der Waals surface area contributed by atoms with Gasteiger partial charge in [-0.3, -0.25) is 4.68 Å². The number of hydrogen-bond acceptors (Lipinski definition) is 3. The van der Waals surface area contributed by atoms with Crippen LogP contribution in [-0.2, 0) is 24.8 Å². The molecule has 2 heterocycles. The van der Waals surface area contributed by atoms with Crippen LogP contribution in [0, 0.1) is 0 Å². The minimum absolute atomic E-state index is 0. The Hall–Kier alpha value is -0.830. The van der Waals surface area contributed by atoms with E-state index >= 15 is 0 Å². The maximum atomic E-state index is 6.05. The van der Waals surface area contributed by atoms with Gasteiger partial charge in [-0.2, -0.15) is 5.10 Å². The molecular formula is C13H24IN5O. The van der Waals surface area contributed by atoms with Crippen molar-refractivity contribution in [2.75, 3.05) is 19.7 Å². The summed E-state index contributed by atoms with van der Waals surface area (Å²) in [5.41, 5.74) is 8.29. The van der Waals surface area contributed by atoms with Crippen LogP contribution >= 0.6 is 24.0 Å². The van der Waals surface area contributed by atoms with Crippen molar-refractivity contribution in [3.63, 3.8) is 0 Å². The van der Waals surface area contributed by atoms with Gasteiger partial charge in [-0.15, -0.1) is 24.0 Å². The summed E-state index contributed by atoms with van der Waals surface area (Å²) in [6.07, 6.45) is 3.14. The molecule has 2 rings (SSSR count). The van der Waals surface area contributed by atoms with Gasteiger partial charge in [0, 0.05) is 31.9 Å². The molecule has 1 fully saturated rings.